The van der Waals surface area contributed by atoms with Crippen LogP contribution in [0.1, 0.15) is 46.5 Å². The molecule has 148 valence electrons. The van der Waals surface area contributed by atoms with Gasteiger partial charge in [0.15, 0.2) is 0 Å². The number of nitrogens with zero attached hydrogens (tertiary/aromatic N) is 1. The molecule has 1 saturated heterocycles. The fourth-order valence-corrected chi connectivity index (χ4v) is 2.37. The molecule has 7 heteroatoms. The van der Waals surface area contributed by atoms with Crippen LogP contribution < -0.4 is 5.32 Å². The molecular formula is C18H36N2O5. The first-order valence-electron chi connectivity index (χ1n) is 9.40. The Morgan fingerprint density at radius 1 is 1.04 bits per heavy atom. The lowest BCUT2D eigenvalue weighted by Gasteiger charge is -2.31. The third-order valence-electron chi connectivity index (χ3n) is 3.85. The maximum absolute atomic E-state index is 12.0. The molecule has 0 aromatic carbocycles. The Bertz CT molecular complexity index is 344. The Balaban J connectivity index is 0.00000277. The van der Waals surface area contributed by atoms with Gasteiger partial charge >= 0.3 is 0 Å². The summed E-state index contributed by atoms with van der Waals surface area (Å²) in [6.07, 6.45) is 3.00. The second-order valence-corrected chi connectivity index (χ2v) is 5.49. The third kappa shape index (κ3) is 11.9. The topological polar surface area (TPSA) is 77.1 Å². The molecule has 0 atom stereocenters. The first kappa shape index (κ1) is 23.8. The molecule has 1 N–H and O–H groups in total. The molecule has 0 spiro atoms. The van der Waals surface area contributed by atoms with Crippen molar-refractivity contribution in [2.24, 2.45) is 0 Å². The molecule has 1 fully saturated rings. The van der Waals surface area contributed by atoms with Crippen LogP contribution in [0.5, 0.6) is 0 Å². The highest BCUT2D eigenvalue weighted by molar-refractivity contribution is 5.76. The van der Waals surface area contributed by atoms with Gasteiger partial charge in [-0.3, -0.25) is 9.59 Å². The molecule has 1 heterocycles. The minimum absolute atomic E-state index is 0.0258. The van der Waals surface area contributed by atoms with Crippen molar-refractivity contribution in [1.29, 1.82) is 0 Å². The summed E-state index contributed by atoms with van der Waals surface area (Å²) < 4.78 is 16.0. The molecule has 7 nitrogen and oxygen atoms in total. The number of piperidine rings is 1. The standard InChI is InChI=1S/C16H30N2O5.C2H6/c1-3-15(19)17-7-11-23-13-12-22-10-6-16(20)18-8-4-14(21-2)5-9-18;1-2/h14H,3-13H2,1-2H3,(H,17,19);1-2H3. The van der Waals surface area contributed by atoms with Gasteiger partial charge in [0.25, 0.3) is 0 Å². The Hall–Kier alpha value is -1.18. The van der Waals surface area contributed by atoms with Gasteiger partial charge in [0.2, 0.25) is 11.8 Å². The van der Waals surface area contributed by atoms with E-state index in [1.54, 1.807) is 7.11 Å². The number of hydrogen-bond donors (Lipinski definition) is 1. The van der Waals surface area contributed by atoms with E-state index in [1.807, 2.05) is 25.7 Å². The molecule has 0 radical (unpaired) electrons. The lowest BCUT2D eigenvalue weighted by Crippen LogP contribution is -2.40. The van der Waals surface area contributed by atoms with Crippen molar-refractivity contribution in [3.63, 3.8) is 0 Å². The average molecular weight is 360 g/mol. The Labute approximate surface area is 152 Å². The van der Waals surface area contributed by atoms with E-state index in [0.717, 1.165) is 25.9 Å². The largest absolute Gasteiger partial charge is 0.381 e. The van der Waals surface area contributed by atoms with Crippen LogP contribution in [-0.2, 0) is 23.8 Å². The summed E-state index contributed by atoms with van der Waals surface area (Å²) in [5, 5.41) is 2.73. The van der Waals surface area contributed by atoms with Gasteiger partial charge in [-0.2, -0.15) is 0 Å². The lowest BCUT2D eigenvalue weighted by atomic mass is 10.1. The summed E-state index contributed by atoms with van der Waals surface area (Å²) in [6.45, 7) is 9.68. The van der Waals surface area contributed by atoms with Crippen LogP contribution in [0.2, 0.25) is 0 Å². The van der Waals surface area contributed by atoms with Crippen LogP contribution in [0, 0.1) is 0 Å². The average Bonchev–Trinajstić information content (AvgIpc) is 2.67. The van der Waals surface area contributed by atoms with E-state index >= 15 is 0 Å². The number of amides is 2. The number of likely N-dealkylation sites (tertiary alicyclic amines) is 1. The van der Waals surface area contributed by atoms with E-state index in [2.05, 4.69) is 5.32 Å². The van der Waals surface area contributed by atoms with Gasteiger partial charge in [0, 0.05) is 33.2 Å². The molecule has 1 rings (SSSR count). The highest BCUT2D eigenvalue weighted by atomic mass is 16.5. The van der Waals surface area contributed by atoms with Gasteiger partial charge in [0.1, 0.15) is 0 Å². The molecule has 25 heavy (non-hydrogen) atoms. The van der Waals surface area contributed by atoms with E-state index in [1.165, 1.54) is 0 Å². The minimum atomic E-state index is 0.0258. The molecule has 0 bridgehead atoms. The summed E-state index contributed by atoms with van der Waals surface area (Å²) in [7, 11) is 1.72. The van der Waals surface area contributed by atoms with E-state index in [-0.39, 0.29) is 17.9 Å². The second-order valence-electron chi connectivity index (χ2n) is 5.49. The predicted octanol–water partition coefficient (Wildman–Crippen LogP) is 1.60. The van der Waals surface area contributed by atoms with E-state index < -0.39 is 0 Å². The number of rotatable bonds is 11. The third-order valence-corrected chi connectivity index (χ3v) is 3.85. The zero-order chi connectivity index (χ0) is 18.9. The Morgan fingerprint density at radius 3 is 2.20 bits per heavy atom. The molecule has 2 amide bonds. The number of carbonyl (C=O) groups is 2. The fraction of sp³-hybridized carbons (Fsp3) is 0.889. The van der Waals surface area contributed by atoms with Crippen LogP contribution >= 0.6 is 0 Å². The highest BCUT2D eigenvalue weighted by Crippen LogP contribution is 2.13. The van der Waals surface area contributed by atoms with E-state index in [0.29, 0.717) is 45.8 Å². The molecule has 1 aliphatic rings. The number of hydrogen-bond acceptors (Lipinski definition) is 5. The van der Waals surface area contributed by atoms with Crippen molar-refractivity contribution in [1.82, 2.24) is 10.2 Å². The van der Waals surface area contributed by atoms with Crippen molar-refractivity contribution in [3.05, 3.63) is 0 Å². The molecule has 0 aliphatic carbocycles. The van der Waals surface area contributed by atoms with Crippen LogP contribution in [-0.4, -0.2) is 76.0 Å². The number of ether oxygens (including phenoxy) is 3. The molecular weight excluding hydrogens is 324 g/mol. The SMILES string of the molecule is CC.CCC(=O)NCCOCCOCCC(=O)N1CCC(OC)CC1. The minimum Gasteiger partial charge on any atom is -0.381 e. The normalized spacial score (nSPS) is 14.6. The molecule has 0 aromatic rings. The monoisotopic (exact) mass is 360 g/mol. The number of methoxy groups -OCH3 is 1. The van der Waals surface area contributed by atoms with Crippen LogP contribution in [0.3, 0.4) is 0 Å². The van der Waals surface area contributed by atoms with Gasteiger partial charge in [0.05, 0.1) is 39.0 Å². The van der Waals surface area contributed by atoms with E-state index in [4.69, 9.17) is 14.2 Å². The zero-order valence-electron chi connectivity index (χ0n) is 16.3. The number of nitrogens with one attached hydrogen (secondary N) is 1. The first-order valence-corrected chi connectivity index (χ1v) is 9.40. The van der Waals surface area contributed by atoms with Crippen molar-refractivity contribution in [2.75, 3.05) is 53.2 Å². The van der Waals surface area contributed by atoms with Crippen LogP contribution in [0.25, 0.3) is 0 Å². The van der Waals surface area contributed by atoms with Crippen molar-refractivity contribution < 1.29 is 23.8 Å². The summed E-state index contributed by atoms with van der Waals surface area (Å²) in [5.41, 5.74) is 0. The lowest BCUT2D eigenvalue weighted by molar-refractivity contribution is -0.134. The number of carbonyl (C=O) groups excluding carboxylic acids is 2. The van der Waals surface area contributed by atoms with Gasteiger partial charge < -0.3 is 24.4 Å². The molecule has 0 saturated carbocycles. The molecule has 0 unspecified atom stereocenters. The van der Waals surface area contributed by atoms with Crippen LogP contribution in [0.15, 0.2) is 0 Å². The first-order chi connectivity index (χ1) is 12.2. The maximum atomic E-state index is 12.0. The van der Waals surface area contributed by atoms with Crippen molar-refractivity contribution in [2.45, 2.75) is 52.6 Å². The quantitative estimate of drug-likeness (QED) is 0.566. The van der Waals surface area contributed by atoms with Gasteiger partial charge in [-0.05, 0) is 12.8 Å². The molecule has 0 aromatic heterocycles. The summed E-state index contributed by atoms with van der Waals surface area (Å²) in [4.78, 5) is 24.9. The highest BCUT2D eigenvalue weighted by Gasteiger charge is 2.21. The van der Waals surface area contributed by atoms with Crippen molar-refractivity contribution >= 4 is 11.8 Å². The predicted molar refractivity (Wildman–Crippen MR) is 97.5 cm³/mol. The second kappa shape index (κ2) is 16.3. The van der Waals surface area contributed by atoms with Gasteiger partial charge in [-0.25, -0.2) is 0 Å². The van der Waals surface area contributed by atoms with Crippen molar-refractivity contribution in [3.8, 4) is 0 Å². The maximum Gasteiger partial charge on any atom is 0.224 e. The zero-order valence-corrected chi connectivity index (χ0v) is 16.3. The summed E-state index contributed by atoms with van der Waals surface area (Å²) in [6, 6.07) is 0. The molecule has 1 aliphatic heterocycles. The fourth-order valence-electron chi connectivity index (χ4n) is 2.37. The van der Waals surface area contributed by atoms with Crippen LogP contribution in [0.4, 0.5) is 0 Å². The van der Waals surface area contributed by atoms with Gasteiger partial charge in [-0.15, -0.1) is 0 Å². The van der Waals surface area contributed by atoms with Gasteiger partial charge in [-0.1, -0.05) is 20.8 Å². The summed E-state index contributed by atoms with van der Waals surface area (Å²) >= 11 is 0. The smallest absolute Gasteiger partial charge is 0.224 e. The van der Waals surface area contributed by atoms with E-state index in [9.17, 15) is 9.59 Å². The Morgan fingerprint density at radius 2 is 1.64 bits per heavy atom. The Kier molecular flexibility index (Phi) is 15.5. The summed E-state index contributed by atoms with van der Waals surface area (Å²) in [5.74, 6) is 0.167.